The van der Waals surface area contributed by atoms with Crippen molar-refractivity contribution in [3.05, 3.63) is 17.0 Å². The fraction of sp³-hybridized carbons (Fsp3) is 0.750. The van der Waals surface area contributed by atoms with E-state index in [1.807, 2.05) is 30.4 Å². The standard InChI is InChI=1S/C20H36N6O2.HI/c1-7-21-20(23-17-8-9-25(13-17)19(27)14(2)3)22-12-18-15(4)24-26(16(18)5)10-11-28-6;/h14,17H,7-13H2,1-6H3,(H2,21,22,23);1H. The summed E-state index contributed by atoms with van der Waals surface area (Å²) in [6.07, 6.45) is 0.940. The zero-order valence-electron chi connectivity index (χ0n) is 18.6. The molecule has 1 aliphatic heterocycles. The summed E-state index contributed by atoms with van der Waals surface area (Å²) in [5.74, 6) is 1.05. The molecule has 1 amide bonds. The largest absolute Gasteiger partial charge is 0.383 e. The van der Waals surface area contributed by atoms with Gasteiger partial charge < -0.3 is 20.3 Å². The van der Waals surface area contributed by atoms with Crippen molar-refractivity contribution in [2.75, 3.05) is 33.4 Å². The Kier molecular flexibility index (Phi) is 10.9. The predicted molar refractivity (Wildman–Crippen MR) is 127 cm³/mol. The lowest BCUT2D eigenvalue weighted by Crippen LogP contribution is -2.45. The second kappa shape index (κ2) is 12.4. The fourth-order valence-corrected chi connectivity index (χ4v) is 3.47. The van der Waals surface area contributed by atoms with E-state index in [0.29, 0.717) is 13.2 Å². The summed E-state index contributed by atoms with van der Waals surface area (Å²) in [6, 6.07) is 0.229. The molecule has 0 aliphatic carbocycles. The van der Waals surface area contributed by atoms with Crippen molar-refractivity contribution in [2.45, 2.75) is 60.2 Å². The Bertz CT molecular complexity index is 689. The van der Waals surface area contributed by atoms with Crippen molar-refractivity contribution < 1.29 is 9.53 Å². The van der Waals surface area contributed by atoms with Crippen LogP contribution in [0.3, 0.4) is 0 Å². The number of aromatic nitrogens is 2. The highest BCUT2D eigenvalue weighted by Gasteiger charge is 2.28. The SMILES string of the molecule is CCNC(=NCc1c(C)nn(CCOC)c1C)NC1CCN(C(=O)C(C)C)C1.I. The van der Waals surface area contributed by atoms with Crippen molar-refractivity contribution >= 4 is 35.8 Å². The first kappa shape index (κ1) is 25.7. The third-order valence-electron chi connectivity index (χ3n) is 5.11. The number of aryl methyl sites for hydroxylation is 1. The summed E-state index contributed by atoms with van der Waals surface area (Å²) in [5.41, 5.74) is 3.28. The zero-order valence-corrected chi connectivity index (χ0v) is 20.9. The first-order valence-electron chi connectivity index (χ1n) is 10.2. The lowest BCUT2D eigenvalue weighted by Gasteiger charge is -2.20. The van der Waals surface area contributed by atoms with E-state index in [9.17, 15) is 4.79 Å². The van der Waals surface area contributed by atoms with E-state index in [1.54, 1.807) is 7.11 Å². The average molecular weight is 520 g/mol. The number of carbonyl (C=O) groups excluding carboxylic acids is 1. The van der Waals surface area contributed by atoms with Crippen LogP contribution in [0.5, 0.6) is 0 Å². The number of methoxy groups -OCH3 is 1. The molecule has 166 valence electrons. The minimum Gasteiger partial charge on any atom is -0.383 e. The number of halogens is 1. The summed E-state index contributed by atoms with van der Waals surface area (Å²) in [5, 5.41) is 11.4. The highest BCUT2D eigenvalue weighted by molar-refractivity contribution is 14.0. The Morgan fingerprint density at radius 1 is 1.38 bits per heavy atom. The van der Waals surface area contributed by atoms with Gasteiger partial charge in [-0.1, -0.05) is 13.8 Å². The summed E-state index contributed by atoms with van der Waals surface area (Å²) in [4.78, 5) is 18.9. The van der Waals surface area contributed by atoms with Crippen LogP contribution in [0, 0.1) is 19.8 Å². The number of rotatable bonds is 8. The first-order chi connectivity index (χ1) is 13.4. The number of guanidine groups is 1. The number of ether oxygens (including phenoxy) is 1. The first-order valence-corrected chi connectivity index (χ1v) is 10.2. The number of nitrogens with one attached hydrogen (secondary N) is 2. The van der Waals surface area contributed by atoms with E-state index in [-0.39, 0.29) is 41.8 Å². The highest BCUT2D eigenvalue weighted by atomic mass is 127. The second-order valence-corrected chi connectivity index (χ2v) is 7.63. The normalized spacial score (nSPS) is 16.9. The maximum Gasteiger partial charge on any atom is 0.225 e. The molecule has 0 radical (unpaired) electrons. The molecule has 1 atom stereocenters. The summed E-state index contributed by atoms with van der Waals surface area (Å²) >= 11 is 0. The van der Waals surface area contributed by atoms with Crippen LogP contribution in [-0.4, -0.2) is 65.9 Å². The van der Waals surface area contributed by atoms with Crippen molar-refractivity contribution in [1.82, 2.24) is 25.3 Å². The smallest absolute Gasteiger partial charge is 0.225 e. The highest BCUT2D eigenvalue weighted by Crippen LogP contribution is 2.15. The molecular formula is C20H37IN6O2. The van der Waals surface area contributed by atoms with E-state index in [0.717, 1.165) is 55.5 Å². The number of likely N-dealkylation sites (tertiary alicyclic amines) is 1. The predicted octanol–water partition coefficient (Wildman–Crippen LogP) is 2.08. The monoisotopic (exact) mass is 520 g/mol. The molecule has 0 saturated carbocycles. The van der Waals surface area contributed by atoms with Crippen LogP contribution in [-0.2, 0) is 22.6 Å². The van der Waals surface area contributed by atoms with E-state index >= 15 is 0 Å². The van der Waals surface area contributed by atoms with Gasteiger partial charge in [0, 0.05) is 50.0 Å². The van der Waals surface area contributed by atoms with Gasteiger partial charge in [-0.2, -0.15) is 5.10 Å². The van der Waals surface area contributed by atoms with Crippen LogP contribution in [0.2, 0.25) is 0 Å². The topological polar surface area (TPSA) is 83.8 Å². The van der Waals surface area contributed by atoms with Crippen molar-refractivity contribution in [2.24, 2.45) is 10.9 Å². The minimum absolute atomic E-state index is 0. The van der Waals surface area contributed by atoms with Gasteiger partial charge in [-0.15, -0.1) is 24.0 Å². The van der Waals surface area contributed by atoms with E-state index < -0.39 is 0 Å². The zero-order chi connectivity index (χ0) is 20.7. The van der Waals surface area contributed by atoms with Gasteiger partial charge in [-0.05, 0) is 27.2 Å². The lowest BCUT2D eigenvalue weighted by molar-refractivity contribution is -0.133. The van der Waals surface area contributed by atoms with Gasteiger partial charge in [-0.25, -0.2) is 4.99 Å². The number of hydrogen-bond donors (Lipinski definition) is 2. The fourth-order valence-electron chi connectivity index (χ4n) is 3.47. The van der Waals surface area contributed by atoms with Crippen molar-refractivity contribution in [3.63, 3.8) is 0 Å². The van der Waals surface area contributed by atoms with E-state index in [2.05, 4.69) is 29.6 Å². The van der Waals surface area contributed by atoms with Crippen LogP contribution in [0.4, 0.5) is 0 Å². The van der Waals surface area contributed by atoms with Crippen LogP contribution >= 0.6 is 24.0 Å². The van der Waals surface area contributed by atoms with E-state index in [1.165, 1.54) is 0 Å². The van der Waals surface area contributed by atoms with Gasteiger partial charge in [0.25, 0.3) is 0 Å². The Labute approximate surface area is 191 Å². The maximum atomic E-state index is 12.2. The molecule has 9 heteroatoms. The molecule has 1 aromatic heterocycles. The molecule has 1 saturated heterocycles. The molecule has 8 nitrogen and oxygen atoms in total. The second-order valence-electron chi connectivity index (χ2n) is 7.63. The lowest BCUT2D eigenvalue weighted by atomic mass is 10.2. The van der Waals surface area contributed by atoms with Crippen LogP contribution in [0.25, 0.3) is 0 Å². The van der Waals surface area contributed by atoms with Gasteiger partial charge in [0.2, 0.25) is 5.91 Å². The van der Waals surface area contributed by atoms with Crippen molar-refractivity contribution in [1.29, 1.82) is 0 Å². The molecular weight excluding hydrogens is 483 g/mol. The number of amides is 1. The molecule has 1 unspecified atom stereocenters. The maximum absolute atomic E-state index is 12.2. The Morgan fingerprint density at radius 2 is 2.10 bits per heavy atom. The molecule has 2 heterocycles. The van der Waals surface area contributed by atoms with Gasteiger partial charge in [0.05, 0.1) is 25.4 Å². The minimum atomic E-state index is 0. The molecule has 1 aromatic rings. The molecule has 0 aromatic carbocycles. The average Bonchev–Trinajstić information content (AvgIpc) is 3.22. The third kappa shape index (κ3) is 7.13. The molecule has 2 rings (SSSR count). The number of carbonyl (C=O) groups is 1. The number of hydrogen-bond acceptors (Lipinski definition) is 4. The number of nitrogens with zero attached hydrogens (tertiary/aromatic N) is 4. The van der Waals surface area contributed by atoms with Crippen LogP contribution < -0.4 is 10.6 Å². The summed E-state index contributed by atoms with van der Waals surface area (Å²) in [6.45, 7) is 14.3. The molecule has 2 N–H and O–H groups in total. The Hall–Kier alpha value is -1.36. The third-order valence-corrected chi connectivity index (χ3v) is 5.11. The molecule has 0 spiro atoms. The van der Waals surface area contributed by atoms with Gasteiger partial charge in [0.15, 0.2) is 5.96 Å². The van der Waals surface area contributed by atoms with Gasteiger partial charge in [-0.3, -0.25) is 9.48 Å². The van der Waals surface area contributed by atoms with Crippen LogP contribution in [0.1, 0.15) is 44.1 Å². The van der Waals surface area contributed by atoms with Crippen LogP contribution in [0.15, 0.2) is 4.99 Å². The molecule has 1 fully saturated rings. The summed E-state index contributed by atoms with van der Waals surface area (Å²) < 4.78 is 7.14. The molecule has 29 heavy (non-hydrogen) atoms. The van der Waals surface area contributed by atoms with E-state index in [4.69, 9.17) is 9.73 Å². The molecule has 1 aliphatic rings. The number of aliphatic imine (C=N–C) groups is 1. The Morgan fingerprint density at radius 3 is 2.72 bits per heavy atom. The van der Waals surface area contributed by atoms with Crippen molar-refractivity contribution in [3.8, 4) is 0 Å². The van der Waals surface area contributed by atoms with Gasteiger partial charge in [0.1, 0.15) is 0 Å². The quantitative estimate of drug-likeness (QED) is 0.312. The Balaban J connectivity index is 0.00000420. The van der Waals surface area contributed by atoms with Gasteiger partial charge >= 0.3 is 0 Å². The molecule has 0 bridgehead atoms. The summed E-state index contributed by atoms with van der Waals surface area (Å²) in [7, 11) is 1.70.